The number of rotatable bonds is 8. The monoisotopic (exact) mass is 432 g/mol. The highest BCUT2D eigenvalue weighted by Gasteiger charge is 2.51. The van der Waals surface area contributed by atoms with Gasteiger partial charge in [-0.15, -0.1) is 0 Å². The minimum atomic E-state index is -1.46. The molecule has 0 saturated carbocycles. The summed E-state index contributed by atoms with van der Waals surface area (Å²) >= 11 is 0. The largest absolute Gasteiger partial charge is 0.465 e. The van der Waals surface area contributed by atoms with E-state index in [4.69, 9.17) is 14.2 Å². The maximum absolute atomic E-state index is 13.6. The molecule has 2 atom stereocenters. The fourth-order valence-electron chi connectivity index (χ4n) is 4.09. The number of ketones is 1. The molecule has 0 amide bonds. The van der Waals surface area contributed by atoms with Crippen LogP contribution in [0.5, 0.6) is 0 Å². The Morgan fingerprint density at radius 3 is 2.61 bits per heavy atom. The van der Waals surface area contributed by atoms with Crippen LogP contribution >= 0.6 is 0 Å². The zero-order chi connectivity index (χ0) is 22.3. The Morgan fingerprint density at radius 2 is 1.97 bits per heavy atom. The standard InChI is InChI=1S/C22H28N2O7/c1-2-30-21(26)22(8-10-23-11-9-22)20(25)18(13-24(27)28)19-15-29-14-17(31-19)12-16-6-4-3-5-7-16/h3-7,13,17,19,23H,2,8-12,14-15H2,1H3/b18-13+. The van der Waals surface area contributed by atoms with Gasteiger partial charge < -0.3 is 19.5 Å². The zero-order valence-electron chi connectivity index (χ0n) is 17.6. The number of piperidine rings is 1. The van der Waals surface area contributed by atoms with Crippen LogP contribution in [0.2, 0.25) is 0 Å². The Labute approximate surface area is 180 Å². The van der Waals surface area contributed by atoms with E-state index in [1.807, 2.05) is 30.3 Å². The molecular formula is C22H28N2O7. The molecule has 1 N–H and O–H groups in total. The number of carbonyl (C=O) groups is 2. The summed E-state index contributed by atoms with van der Waals surface area (Å²) in [5, 5.41) is 14.5. The summed E-state index contributed by atoms with van der Waals surface area (Å²) in [5.74, 6) is -1.26. The van der Waals surface area contributed by atoms with E-state index in [9.17, 15) is 19.7 Å². The fourth-order valence-corrected chi connectivity index (χ4v) is 4.09. The molecular weight excluding hydrogens is 404 g/mol. The first-order valence-corrected chi connectivity index (χ1v) is 10.5. The van der Waals surface area contributed by atoms with Crippen molar-refractivity contribution in [3.05, 3.63) is 57.8 Å². The van der Waals surface area contributed by atoms with Gasteiger partial charge in [0.25, 0.3) is 0 Å². The van der Waals surface area contributed by atoms with Crippen LogP contribution < -0.4 is 5.32 Å². The lowest BCUT2D eigenvalue weighted by Gasteiger charge is -2.36. The van der Waals surface area contributed by atoms with Gasteiger partial charge >= 0.3 is 5.97 Å². The third kappa shape index (κ3) is 5.55. The number of Topliss-reactive ketones (excluding diaryl/α,β-unsaturated/α-hetero) is 1. The third-order valence-electron chi connectivity index (χ3n) is 5.65. The lowest BCUT2D eigenvalue weighted by atomic mass is 9.72. The summed E-state index contributed by atoms with van der Waals surface area (Å²) < 4.78 is 16.9. The molecule has 31 heavy (non-hydrogen) atoms. The molecule has 1 aromatic carbocycles. The van der Waals surface area contributed by atoms with Crippen LogP contribution in [0.15, 0.2) is 42.1 Å². The molecule has 2 unspecified atom stereocenters. The lowest BCUT2D eigenvalue weighted by molar-refractivity contribution is -0.404. The van der Waals surface area contributed by atoms with Gasteiger partial charge in [0.15, 0.2) is 5.78 Å². The van der Waals surface area contributed by atoms with E-state index in [1.54, 1.807) is 6.92 Å². The number of hydrogen-bond acceptors (Lipinski definition) is 8. The van der Waals surface area contributed by atoms with Crippen molar-refractivity contribution in [1.82, 2.24) is 5.32 Å². The van der Waals surface area contributed by atoms with Crippen LogP contribution in [0.1, 0.15) is 25.3 Å². The number of hydrogen-bond donors (Lipinski definition) is 1. The Kier molecular flexibility index (Phi) is 7.89. The Balaban J connectivity index is 1.85. The molecule has 0 aliphatic carbocycles. The predicted molar refractivity (Wildman–Crippen MR) is 111 cm³/mol. The second-order valence-electron chi connectivity index (χ2n) is 7.73. The number of nitrogens with zero attached hydrogens (tertiary/aromatic N) is 1. The maximum Gasteiger partial charge on any atom is 0.320 e. The number of esters is 1. The smallest absolute Gasteiger partial charge is 0.320 e. The van der Waals surface area contributed by atoms with Crippen LogP contribution in [-0.4, -0.2) is 61.8 Å². The van der Waals surface area contributed by atoms with E-state index < -0.39 is 28.2 Å². The molecule has 1 aromatic rings. The first-order chi connectivity index (χ1) is 15.0. The zero-order valence-corrected chi connectivity index (χ0v) is 17.6. The van der Waals surface area contributed by atoms with Gasteiger partial charge in [-0.25, -0.2) is 0 Å². The summed E-state index contributed by atoms with van der Waals surface area (Å²) in [5.41, 5.74) is -0.583. The highest BCUT2D eigenvalue weighted by molar-refractivity contribution is 6.12. The minimum Gasteiger partial charge on any atom is -0.465 e. The molecule has 0 aromatic heterocycles. The summed E-state index contributed by atoms with van der Waals surface area (Å²) in [6.07, 6.45) is 0.327. The SMILES string of the molecule is CCOC(=O)C1(C(=O)/C(=C/[N+](=O)[O-])C2COCC(Cc3ccccc3)O2)CCNCC1. The van der Waals surface area contributed by atoms with Gasteiger partial charge in [-0.2, -0.15) is 0 Å². The average Bonchev–Trinajstić information content (AvgIpc) is 2.78. The number of carbonyl (C=O) groups excluding carboxylic acids is 2. The van der Waals surface area contributed by atoms with Gasteiger partial charge in [0, 0.05) is 6.42 Å². The number of ether oxygens (including phenoxy) is 3. The van der Waals surface area contributed by atoms with Crippen molar-refractivity contribution in [2.75, 3.05) is 32.9 Å². The van der Waals surface area contributed by atoms with E-state index in [0.29, 0.717) is 32.3 Å². The van der Waals surface area contributed by atoms with E-state index >= 15 is 0 Å². The van der Waals surface area contributed by atoms with E-state index in [-0.39, 0.29) is 37.7 Å². The first kappa shape index (κ1) is 23.1. The van der Waals surface area contributed by atoms with E-state index in [2.05, 4.69) is 5.32 Å². The highest BCUT2D eigenvalue weighted by atomic mass is 16.6. The number of nitro groups is 1. The quantitative estimate of drug-likeness (QED) is 0.217. The van der Waals surface area contributed by atoms with Crippen LogP contribution in [-0.2, 0) is 30.2 Å². The van der Waals surface area contributed by atoms with Crippen LogP contribution in [0.25, 0.3) is 0 Å². The van der Waals surface area contributed by atoms with E-state index in [1.165, 1.54) is 0 Å². The van der Waals surface area contributed by atoms with Crippen molar-refractivity contribution in [2.24, 2.45) is 5.41 Å². The molecule has 2 aliphatic heterocycles. The molecule has 9 heteroatoms. The normalized spacial score (nSPS) is 23.7. The molecule has 3 rings (SSSR count). The molecule has 168 valence electrons. The van der Waals surface area contributed by atoms with Gasteiger partial charge in [0.2, 0.25) is 6.20 Å². The number of benzene rings is 1. The molecule has 2 saturated heterocycles. The molecule has 0 spiro atoms. The third-order valence-corrected chi connectivity index (χ3v) is 5.65. The first-order valence-electron chi connectivity index (χ1n) is 10.5. The minimum absolute atomic E-state index is 0.00780. The molecule has 9 nitrogen and oxygen atoms in total. The van der Waals surface area contributed by atoms with Crippen LogP contribution in [0.4, 0.5) is 0 Å². The van der Waals surface area contributed by atoms with Gasteiger partial charge in [0.05, 0.1) is 36.4 Å². The maximum atomic E-state index is 13.6. The van der Waals surface area contributed by atoms with E-state index in [0.717, 1.165) is 5.56 Å². The van der Waals surface area contributed by atoms with Gasteiger partial charge in [-0.1, -0.05) is 30.3 Å². The van der Waals surface area contributed by atoms with Crippen molar-refractivity contribution < 1.29 is 28.7 Å². The van der Waals surface area contributed by atoms with Gasteiger partial charge in [-0.05, 0) is 38.4 Å². The second-order valence-corrected chi connectivity index (χ2v) is 7.73. The van der Waals surface area contributed by atoms with Gasteiger partial charge in [-0.3, -0.25) is 19.7 Å². The summed E-state index contributed by atoms with van der Waals surface area (Å²) in [7, 11) is 0. The Bertz CT molecular complexity index is 818. The molecule has 2 heterocycles. The summed E-state index contributed by atoms with van der Waals surface area (Å²) in [4.78, 5) is 37.1. The summed E-state index contributed by atoms with van der Waals surface area (Å²) in [6, 6.07) is 9.65. The predicted octanol–water partition coefficient (Wildman–Crippen LogP) is 1.68. The van der Waals surface area contributed by atoms with Crippen molar-refractivity contribution in [3.63, 3.8) is 0 Å². The van der Waals surface area contributed by atoms with Crippen molar-refractivity contribution in [1.29, 1.82) is 0 Å². The van der Waals surface area contributed by atoms with Crippen molar-refractivity contribution >= 4 is 11.8 Å². The average molecular weight is 432 g/mol. The lowest BCUT2D eigenvalue weighted by Crippen LogP contribution is -2.51. The van der Waals surface area contributed by atoms with Crippen LogP contribution in [0, 0.1) is 15.5 Å². The molecule has 2 fully saturated rings. The van der Waals surface area contributed by atoms with Crippen molar-refractivity contribution in [3.8, 4) is 0 Å². The number of nitrogens with one attached hydrogen (secondary N) is 1. The topological polar surface area (TPSA) is 117 Å². The fraction of sp³-hybridized carbons (Fsp3) is 0.545. The second kappa shape index (κ2) is 10.6. The molecule has 0 radical (unpaired) electrons. The highest BCUT2D eigenvalue weighted by Crippen LogP contribution is 2.36. The molecule has 2 aliphatic rings. The van der Waals surface area contributed by atoms with Crippen LogP contribution in [0.3, 0.4) is 0 Å². The molecule has 0 bridgehead atoms. The summed E-state index contributed by atoms with van der Waals surface area (Å²) in [6.45, 7) is 2.99. The Morgan fingerprint density at radius 1 is 1.26 bits per heavy atom. The Hall–Kier alpha value is -2.62. The van der Waals surface area contributed by atoms with Crippen molar-refractivity contribution in [2.45, 2.75) is 38.4 Å². The van der Waals surface area contributed by atoms with Gasteiger partial charge in [0.1, 0.15) is 11.5 Å².